The number of carbonyl (C=O) groups is 3. The van der Waals surface area contributed by atoms with Crippen LogP contribution >= 0.6 is 11.8 Å². The van der Waals surface area contributed by atoms with Crippen molar-refractivity contribution in [3.05, 3.63) is 29.8 Å². The van der Waals surface area contributed by atoms with Crippen molar-refractivity contribution in [3.8, 4) is 0 Å². The zero-order valence-electron chi connectivity index (χ0n) is 12.2. The summed E-state index contributed by atoms with van der Waals surface area (Å²) in [7, 11) is 0. The van der Waals surface area contributed by atoms with Crippen LogP contribution in [0.5, 0.6) is 0 Å². The summed E-state index contributed by atoms with van der Waals surface area (Å²) < 4.78 is 0. The van der Waals surface area contributed by atoms with Gasteiger partial charge in [-0.15, -0.1) is 11.8 Å². The maximum Gasteiger partial charge on any atom is 0.327 e. The van der Waals surface area contributed by atoms with E-state index in [2.05, 4.69) is 10.6 Å². The van der Waals surface area contributed by atoms with Crippen LogP contribution in [0.15, 0.2) is 24.3 Å². The molecule has 2 rings (SSSR count). The molecule has 1 aromatic rings. The first-order valence-corrected chi connectivity index (χ1v) is 8.08. The lowest BCUT2D eigenvalue weighted by molar-refractivity contribution is -0.141. The first-order chi connectivity index (χ1) is 10.5. The number of nitrogens with one attached hydrogen (secondary N) is 2. The van der Waals surface area contributed by atoms with E-state index in [0.717, 1.165) is 17.7 Å². The number of aryl methyl sites for hydroxylation is 1. The quantitative estimate of drug-likeness (QED) is 0.758. The standard InChI is InChI=1S/C15H18N2O4S/c1-2-9-5-3-4-6-10(9)16-13(18)7-12-14(19)17-11(8-22-12)15(20)21/h3-6,11-12H,2,7-8H2,1H3,(H,16,18)(H,17,19)(H,20,21)/t11-,12-/m1/s1. The molecule has 6 nitrogen and oxygen atoms in total. The van der Waals surface area contributed by atoms with Gasteiger partial charge in [-0.1, -0.05) is 25.1 Å². The highest BCUT2D eigenvalue weighted by molar-refractivity contribution is 8.00. The lowest BCUT2D eigenvalue weighted by atomic mass is 10.1. The molecule has 1 aliphatic rings. The van der Waals surface area contributed by atoms with E-state index in [0.29, 0.717) is 0 Å². The van der Waals surface area contributed by atoms with Gasteiger partial charge in [-0.2, -0.15) is 0 Å². The number of thioether (sulfide) groups is 1. The van der Waals surface area contributed by atoms with Gasteiger partial charge in [0.2, 0.25) is 11.8 Å². The van der Waals surface area contributed by atoms with Gasteiger partial charge in [0.15, 0.2) is 0 Å². The van der Waals surface area contributed by atoms with Crippen molar-refractivity contribution in [2.75, 3.05) is 11.1 Å². The van der Waals surface area contributed by atoms with E-state index in [1.54, 1.807) is 0 Å². The minimum atomic E-state index is -1.05. The summed E-state index contributed by atoms with van der Waals surface area (Å²) in [5, 5.41) is 13.6. The number of carbonyl (C=O) groups excluding carboxylic acids is 2. The molecule has 1 aromatic carbocycles. The molecule has 2 atom stereocenters. The van der Waals surface area contributed by atoms with Crippen LogP contribution in [-0.4, -0.2) is 39.9 Å². The van der Waals surface area contributed by atoms with E-state index in [1.165, 1.54) is 11.8 Å². The fourth-order valence-corrected chi connectivity index (χ4v) is 3.34. The van der Waals surface area contributed by atoms with Crippen molar-refractivity contribution in [1.29, 1.82) is 0 Å². The Morgan fingerprint density at radius 2 is 2.14 bits per heavy atom. The van der Waals surface area contributed by atoms with Gasteiger partial charge >= 0.3 is 5.97 Å². The summed E-state index contributed by atoms with van der Waals surface area (Å²) in [6.45, 7) is 2.00. The summed E-state index contributed by atoms with van der Waals surface area (Å²) in [5.41, 5.74) is 1.78. The molecule has 0 bridgehead atoms. The van der Waals surface area contributed by atoms with Crippen LogP contribution < -0.4 is 10.6 Å². The van der Waals surface area contributed by atoms with Gasteiger partial charge in [0.05, 0.1) is 5.25 Å². The summed E-state index contributed by atoms with van der Waals surface area (Å²) in [4.78, 5) is 34.8. The molecule has 3 N–H and O–H groups in total. The highest BCUT2D eigenvalue weighted by Gasteiger charge is 2.33. The van der Waals surface area contributed by atoms with Crippen LogP contribution in [-0.2, 0) is 20.8 Å². The number of hydrogen-bond acceptors (Lipinski definition) is 4. The number of hydrogen-bond donors (Lipinski definition) is 3. The third-order valence-corrected chi connectivity index (χ3v) is 4.72. The van der Waals surface area contributed by atoms with Crippen LogP contribution in [0, 0.1) is 0 Å². The molecular formula is C15H18N2O4S. The molecule has 0 saturated carbocycles. The van der Waals surface area contributed by atoms with Gasteiger partial charge in [0.25, 0.3) is 0 Å². The van der Waals surface area contributed by atoms with E-state index >= 15 is 0 Å². The van der Waals surface area contributed by atoms with E-state index in [4.69, 9.17) is 5.11 Å². The van der Waals surface area contributed by atoms with Crippen LogP contribution in [0.2, 0.25) is 0 Å². The number of aliphatic carboxylic acids is 1. The number of amides is 2. The van der Waals surface area contributed by atoms with Crippen LogP contribution in [0.4, 0.5) is 5.69 Å². The van der Waals surface area contributed by atoms with Crippen LogP contribution in [0.1, 0.15) is 18.9 Å². The van der Waals surface area contributed by atoms with Gasteiger partial charge in [-0.05, 0) is 18.1 Å². The Labute approximate surface area is 132 Å². The summed E-state index contributed by atoms with van der Waals surface area (Å²) in [6, 6.07) is 6.64. The molecule has 1 saturated heterocycles. The Morgan fingerprint density at radius 1 is 1.41 bits per heavy atom. The third kappa shape index (κ3) is 4.00. The first-order valence-electron chi connectivity index (χ1n) is 7.03. The zero-order chi connectivity index (χ0) is 16.1. The fourth-order valence-electron chi connectivity index (χ4n) is 2.20. The molecule has 0 aliphatic carbocycles. The topological polar surface area (TPSA) is 95.5 Å². The summed E-state index contributed by atoms with van der Waals surface area (Å²) in [5.74, 6) is -1.43. The fraction of sp³-hybridized carbons (Fsp3) is 0.400. The zero-order valence-corrected chi connectivity index (χ0v) is 13.0. The number of para-hydroxylation sites is 1. The molecule has 1 aliphatic heterocycles. The number of benzene rings is 1. The molecule has 118 valence electrons. The molecule has 2 amide bonds. The van der Waals surface area contributed by atoms with E-state index in [1.807, 2.05) is 31.2 Å². The predicted octanol–water partition coefficient (Wildman–Crippen LogP) is 1.26. The lowest BCUT2D eigenvalue weighted by Gasteiger charge is -2.26. The monoisotopic (exact) mass is 322 g/mol. The number of carboxylic acid groups (broad SMARTS) is 1. The predicted molar refractivity (Wildman–Crippen MR) is 84.9 cm³/mol. The Kier molecular flexibility index (Phi) is 5.43. The van der Waals surface area contributed by atoms with Crippen LogP contribution in [0.3, 0.4) is 0 Å². The summed E-state index contributed by atoms with van der Waals surface area (Å²) in [6.07, 6.45) is 0.830. The average Bonchev–Trinajstić information content (AvgIpc) is 2.49. The van der Waals surface area contributed by atoms with Gasteiger partial charge in [0, 0.05) is 17.9 Å². The van der Waals surface area contributed by atoms with Crippen molar-refractivity contribution < 1.29 is 19.5 Å². The van der Waals surface area contributed by atoms with E-state index in [9.17, 15) is 14.4 Å². The Hall–Kier alpha value is -2.02. The third-order valence-electron chi connectivity index (χ3n) is 3.41. The first kappa shape index (κ1) is 16.4. The smallest absolute Gasteiger partial charge is 0.327 e. The summed E-state index contributed by atoms with van der Waals surface area (Å²) >= 11 is 1.20. The lowest BCUT2D eigenvalue weighted by Crippen LogP contribution is -2.51. The second kappa shape index (κ2) is 7.31. The molecule has 0 unspecified atom stereocenters. The molecule has 7 heteroatoms. The minimum Gasteiger partial charge on any atom is -0.480 e. The molecular weight excluding hydrogens is 304 g/mol. The molecule has 0 radical (unpaired) electrons. The highest BCUT2D eigenvalue weighted by atomic mass is 32.2. The second-order valence-corrected chi connectivity index (χ2v) is 6.22. The molecule has 22 heavy (non-hydrogen) atoms. The number of carboxylic acids is 1. The molecule has 1 fully saturated rings. The van der Waals surface area contributed by atoms with E-state index < -0.39 is 23.2 Å². The maximum atomic E-state index is 12.1. The van der Waals surface area contributed by atoms with Crippen molar-refractivity contribution in [2.24, 2.45) is 0 Å². The average molecular weight is 322 g/mol. The minimum absolute atomic E-state index is 0.0287. The van der Waals surface area contributed by atoms with Gasteiger partial charge in [-0.25, -0.2) is 4.79 Å². The SMILES string of the molecule is CCc1ccccc1NC(=O)C[C@H]1SC[C@H](C(=O)O)NC1=O. The van der Waals surface area contributed by atoms with E-state index in [-0.39, 0.29) is 18.1 Å². The van der Waals surface area contributed by atoms with Gasteiger partial charge in [0.1, 0.15) is 6.04 Å². The normalized spacial score (nSPS) is 21.0. The number of anilines is 1. The Morgan fingerprint density at radius 3 is 2.77 bits per heavy atom. The van der Waals surface area contributed by atoms with Crippen molar-refractivity contribution in [3.63, 3.8) is 0 Å². The molecule has 0 aromatic heterocycles. The Balaban J connectivity index is 1.93. The van der Waals surface area contributed by atoms with Crippen molar-refractivity contribution in [2.45, 2.75) is 31.1 Å². The molecule has 0 spiro atoms. The van der Waals surface area contributed by atoms with Crippen molar-refractivity contribution in [1.82, 2.24) is 5.32 Å². The van der Waals surface area contributed by atoms with Crippen LogP contribution in [0.25, 0.3) is 0 Å². The second-order valence-electron chi connectivity index (χ2n) is 4.98. The molecule has 1 heterocycles. The van der Waals surface area contributed by atoms with Gasteiger partial charge < -0.3 is 15.7 Å². The maximum absolute atomic E-state index is 12.1. The highest BCUT2D eigenvalue weighted by Crippen LogP contribution is 2.22. The van der Waals surface area contributed by atoms with Gasteiger partial charge in [-0.3, -0.25) is 9.59 Å². The van der Waals surface area contributed by atoms with Crippen molar-refractivity contribution >= 4 is 35.2 Å². The Bertz CT molecular complexity index is 591. The number of rotatable bonds is 5. The largest absolute Gasteiger partial charge is 0.480 e.